The van der Waals surface area contributed by atoms with Gasteiger partial charge in [0.1, 0.15) is 6.04 Å². The van der Waals surface area contributed by atoms with Gasteiger partial charge >= 0.3 is 0 Å². The van der Waals surface area contributed by atoms with E-state index in [-0.39, 0.29) is 16.7 Å². The number of piperidine rings is 1. The number of hydrogen-bond donors (Lipinski definition) is 1. The Labute approximate surface area is 175 Å². The summed E-state index contributed by atoms with van der Waals surface area (Å²) in [5.74, 6) is -0.0616. The van der Waals surface area contributed by atoms with Crippen LogP contribution in [0.4, 0.5) is 0 Å². The van der Waals surface area contributed by atoms with E-state index in [2.05, 4.69) is 21.2 Å². The molecule has 150 valence electrons. The summed E-state index contributed by atoms with van der Waals surface area (Å²) in [5.41, 5.74) is 1.14. The van der Waals surface area contributed by atoms with Gasteiger partial charge in [-0.25, -0.2) is 8.42 Å². The van der Waals surface area contributed by atoms with Gasteiger partial charge in [0.15, 0.2) is 0 Å². The smallest absolute Gasteiger partial charge is 0.243 e. The molecule has 1 saturated heterocycles. The van der Waals surface area contributed by atoms with Crippen molar-refractivity contribution in [2.24, 2.45) is 0 Å². The van der Waals surface area contributed by atoms with Crippen LogP contribution in [0.1, 0.15) is 37.7 Å². The van der Waals surface area contributed by atoms with Crippen molar-refractivity contribution in [3.05, 3.63) is 64.6 Å². The van der Waals surface area contributed by atoms with Crippen molar-refractivity contribution in [2.75, 3.05) is 13.1 Å². The normalized spacial score (nSPS) is 19.1. The number of carbonyl (C=O) groups excluding carboxylic acids is 1. The summed E-state index contributed by atoms with van der Waals surface area (Å²) >= 11 is 3.32. The predicted molar refractivity (Wildman–Crippen MR) is 114 cm³/mol. The molecule has 2 aromatic carbocycles. The molecule has 1 fully saturated rings. The highest BCUT2D eigenvalue weighted by atomic mass is 79.9. The zero-order valence-corrected chi connectivity index (χ0v) is 18.2. The lowest BCUT2D eigenvalue weighted by molar-refractivity contribution is -0.125. The monoisotopic (exact) mass is 464 g/mol. The fourth-order valence-corrected chi connectivity index (χ4v) is 5.39. The number of sulfonamides is 1. The first-order valence-corrected chi connectivity index (χ1v) is 11.7. The van der Waals surface area contributed by atoms with Crippen molar-refractivity contribution in [2.45, 2.75) is 43.0 Å². The van der Waals surface area contributed by atoms with Gasteiger partial charge in [0.05, 0.1) is 4.90 Å². The molecule has 1 aliphatic rings. The van der Waals surface area contributed by atoms with Crippen molar-refractivity contribution in [1.29, 1.82) is 0 Å². The van der Waals surface area contributed by atoms with Gasteiger partial charge in [0, 0.05) is 17.6 Å². The molecule has 1 amide bonds. The highest BCUT2D eigenvalue weighted by Gasteiger charge is 2.37. The molecule has 0 saturated carbocycles. The summed E-state index contributed by atoms with van der Waals surface area (Å²) in [6.07, 6.45) is 2.15. The molecule has 1 heterocycles. The van der Waals surface area contributed by atoms with E-state index < -0.39 is 16.1 Å². The lowest BCUT2D eigenvalue weighted by atomic mass is 10.0. The van der Waals surface area contributed by atoms with Crippen LogP contribution in [0, 0.1) is 0 Å². The Bertz CT molecular complexity index is 901. The highest BCUT2D eigenvalue weighted by Crippen LogP contribution is 2.26. The second kappa shape index (κ2) is 9.20. The molecule has 28 heavy (non-hydrogen) atoms. The summed E-state index contributed by atoms with van der Waals surface area (Å²) in [6, 6.07) is 15.8. The Hall–Kier alpha value is -1.70. The third kappa shape index (κ3) is 4.82. The first-order chi connectivity index (χ1) is 13.4. The molecule has 0 bridgehead atoms. The van der Waals surface area contributed by atoms with Gasteiger partial charge < -0.3 is 5.32 Å². The standard InChI is InChI=1S/C21H25BrN2O3S/c1-16(17-7-3-2-4-8-17)15-23-21(25)20-9-5-6-14-24(20)28(26,27)19-12-10-18(22)11-13-19/h2-4,7-8,10-13,16,20H,5-6,9,14-15H2,1H3,(H,23,25)/t16-,20+/m1/s1. The quantitative estimate of drug-likeness (QED) is 0.704. The van der Waals surface area contributed by atoms with Gasteiger partial charge in [0.25, 0.3) is 0 Å². The number of rotatable bonds is 6. The maximum Gasteiger partial charge on any atom is 0.243 e. The Morgan fingerprint density at radius 3 is 2.50 bits per heavy atom. The Balaban J connectivity index is 1.72. The molecule has 0 unspecified atom stereocenters. The Morgan fingerprint density at radius 1 is 1.14 bits per heavy atom. The van der Waals surface area contributed by atoms with Crippen LogP contribution in [0.5, 0.6) is 0 Å². The summed E-state index contributed by atoms with van der Waals surface area (Å²) in [6.45, 7) is 2.89. The number of hydrogen-bond acceptors (Lipinski definition) is 3. The van der Waals surface area contributed by atoms with Crippen LogP contribution in [-0.2, 0) is 14.8 Å². The van der Waals surface area contributed by atoms with Crippen molar-refractivity contribution >= 4 is 31.9 Å². The second-order valence-electron chi connectivity index (χ2n) is 7.14. The van der Waals surface area contributed by atoms with Gasteiger partial charge in [-0.2, -0.15) is 4.31 Å². The Kier molecular flexibility index (Phi) is 6.91. The first kappa shape index (κ1) is 21.0. The van der Waals surface area contributed by atoms with Crippen LogP contribution in [0.25, 0.3) is 0 Å². The van der Waals surface area contributed by atoms with Crippen molar-refractivity contribution in [3.63, 3.8) is 0 Å². The fraction of sp³-hybridized carbons (Fsp3) is 0.381. The average Bonchev–Trinajstić information content (AvgIpc) is 2.72. The van der Waals surface area contributed by atoms with Gasteiger partial charge in [0.2, 0.25) is 15.9 Å². The minimum Gasteiger partial charge on any atom is -0.354 e. The van der Waals surface area contributed by atoms with E-state index in [9.17, 15) is 13.2 Å². The Morgan fingerprint density at radius 2 is 1.82 bits per heavy atom. The van der Waals surface area contributed by atoms with Crippen LogP contribution in [0.15, 0.2) is 64.0 Å². The molecule has 0 spiro atoms. The van der Waals surface area contributed by atoms with E-state index in [1.165, 1.54) is 4.31 Å². The van der Waals surface area contributed by atoms with Gasteiger partial charge in [-0.15, -0.1) is 0 Å². The molecule has 1 aliphatic heterocycles. The number of nitrogens with one attached hydrogen (secondary N) is 1. The summed E-state index contributed by atoms with van der Waals surface area (Å²) < 4.78 is 28.4. The molecular weight excluding hydrogens is 440 g/mol. The maximum atomic E-state index is 13.1. The maximum absolute atomic E-state index is 13.1. The van der Waals surface area contributed by atoms with E-state index in [0.29, 0.717) is 19.5 Å². The van der Waals surface area contributed by atoms with E-state index in [4.69, 9.17) is 0 Å². The average molecular weight is 465 g/mol. The van der Waals surface area contributed by atoms with Gasteiger partial charge in [-0.05, 0) is 48.6 Å². The molecule has 7 heteroatoms. The number of halogens is 1. The lowest BCUT2D eigenvalue weighted by Crippen LogP contribution is -2.52. The molecular formula is C21H25BrN2O3S. The van der Waals surface area contributed by atoms with Crippen molar-refractivity contribution in [3.8, 4) is 0 Å². The molecule has 0 aromatic heterocycles. The molecule has 5 nitrogen and oxygen atoms in total. The zero-order valence-electron chi connectivity index (χ0n) is 15.8. The molecule has 2 aromatic rings. The number of nitrogens with zero attached hydrogens (tertiary/aromatic N) is 1. The SMILES string of the molecule is C[C@H](CNC(=O)[C@@H]1CCCCN1S(=O)(=O)c1ccc(Br)cc1)c1ccccc1. The second-order valence-corrected chi connectivity index (χ2v) is 9.94. The number of carbonyl (C=O) groups is 1. The number of amides is 1. The molecule has 0 radical (unpaired) electrons. The first-order valence-electron chi connectivity index (χ1n) is 9.49. The number of benzene rings is 2. The van der Waals surface area contributed by atoms with Crippen LogP contribution in [0.2, 0.25) is 0 Å². The minimum atomic E-state index is -3.71. The topological polar surface area (TPSA) is 66.5 Å². The van der Waals surface area contributed by atoms with Crippen molar-refractivity contribution < 1.29 is 13.2 Å². The third-order valence-electron chi connectivity index (χ3n) is 5.13. The summed E-state index contributed by atoms with van der Waals surface area (Å²) in [5, 5.41) is 2.96. The van der Waals surface area contributed by atoms with E-state index in [1.807, 2.05) is 37.3 Å². The van der Waals surface area contributed by atoms with Gasteiger partial charge in [-0.1, -0.05) is 59.6 Å². The van der Waals surface area contributed by atoms with Gasteiger partial charge in [-0.3, -0.25) is 4.79 Å². The zero-order chi connectivity index (χ0) is 20.1. The highest BCUT2D eigenvalue weighted by molar-refractivity contribution is 9.10. The largest absolute Gasteiger partial charge is 0.354 e. The molecule has 0 aliphatic carbocycles. The molecule has 2 atom stereocenters. The minimum absolute atomic E-state index is 0.158. The van der Waals surface area contributed by atoms with E-state index >= 15 is 0 Å². The third-order valence-corrected chi connectivity index (χ3v) is 7.58. The van der Waals surface area contributed by atoms with Crippen molar-refractivity contribution in [1.82, 2.24) is 9.62 Å². The molecule has 1 N–H and O–H groups in total. The van der Waals surface area contributed by atoms with Crippen LogP contribution in [0.3, 0.4) is 0 Å². The summed E-state index contributed by atoms with van der Waals surface area (Å²) in [7, 11) is -3.71. The van der Waals surface area contributed by atoms with Crippen LogP contribution >= 0.6 is 15.9 Å². The summed E-state index contributed by atoms with van der Waals surface area (Å²) in [4.78, 5) is 13.1. The fourth-order valence-electron chi connectivity index (χ4n) is 3.47. The molecule has 3 rings (SSSR count). The lowest BCUT2D eigenvalue weighted by Gasteiger charge is -2.34. The predicted octanol–water partition coefficient (Wildman–Crippen LogP) is 3.91. The van der Waals surface area contributed by atoms with Crippen LogP contribution < -0.4 is 5.32 Å². The van der Waals surface area contributed by atoms with E-state index in [1.54, 1.807) is 24.3 Å². The van der Waals surface area contributed by atoms with E-state index in [0.717, 1.165) is 22.9 Å². The van der Waals surface area contributed by atoms with Crippen LogP contribution in [-0.4, -0.2) is 37.8 Å².